The van der Waals surface area contributed by atoms with E-state index in [1.165, 1.54) is 6.07 Å². The number of rotatable bonds is 7. The first kappa shape index (κ1) is 20.1. The smallest absolute Gasteiger partial charge is 0.258 e. The van der Waals surface area contributed by atoms with Crippen LogP contribution < -0.4 is 10.6 Å². The van der Waals surface area contributed by atoms with Gasteiger partial charge >= 0.3 is 0 Å². The summed E-state index contributed by atoms with van der Waals surface area (Å²) in [6.45, 7) is 6.81. The lowest BCUT2D eigenvalue weighted by Gasteiger charge is -2.27. The number of hydrogen-bond acceptors (Lipinski definition) is 3. The molecule has 1 aromatic carbocycles. The number of carbonyl (C=O) groups excluding carboxylic acids is 2. The number of carbonyl (C=O) groups is 2. The van der Waals surface area contributed by atoms with Gasteiger partial charge in [-0.15, -0.1) is 0 Å². The second-order valence-electron chi connectivity index (χ2n) is 6.53. The SMILES string of the molecule is CCC/C=C(\CCC(=O)N1CCNCC1)NC(=O)c1c(C)cccc1F. The monoisotopic (exact) mass is 361 g/mol. The molecule has 0 aliphatic carbocycles. The Bertz CT molecular complexity index is 647. The highest BCUT2D eigenvalue weighted by atomic mass is 19.1. The number of halogens is 1. The van der Waals surface area contributed by atoms with Gasteiger partial charge in [-0.05, 0) is 31.4 Å². The number of nitrogens with zero attached hydrogens (tertiary/aromatic N) is 1. The van der Waals surface area contributed by atoms with E-state index in [4.69, 9.17) is 0 Å². The molecule has 1 saturated heterocycles. The third-order valence-corrected chi connectivity index (χ3v) is 4.48. The van der Waals surface area contributed by atoms with Crippen LogP contribution in [0.3, 0.4) is 0 Å². The Hall–Kier alpha value is -2.21. The molecule has 0 aromatic heterocycles. The van der Waals surface area contributed by atoms with Gasteiger partial charge in [0.1, 0.15) is 5.82 Å². The largest absolute Gasteiger partial charge is 0.340 e. The summed E-state index contributed by atoms with van der Waals surface area (Å²) in [5, 5.41) is 6.03. The number of piperazine rings is 1. The fourth-order valence-electron chi connectivity index (χ4n) is 2.98. The summed E-state index contributed by atoms with van der Waals surface area (Å²) >= 11 is 0. The van der Waals surface area contributed by atoms with Crippen LogP contribution in [-0.2, 0) is 4.79 Å². The Balaban J connectivity index is 2.00. The fraction of sp³-hybridized carbons (Fsp3) is 0.500. The number of benzene rings is 1. The lowest BCUT2D eigenvalue weighted by molar-refractivity contribution is -0.131. The van der Waals surface area contributed by atoms with Crippen molar-refractivity contribution >= 4 is 11.8 Å². The van der Waals surface area contributed by atoms with Crippen molar-refractivity contribution in [3.63, 3.8) is 0 Å². The minimum atomic E-state index is -0.533. The van der Waals surface area contributed by atoms with E-state index in [2.05, 4.69) is 10.6 Å². The molecule has 0 bridgehead atoms. The highest BCUT2D eigenvalue weighted by Crippen LogP contribution is 2.15. The quantitative estimate of drug-likeness (QED) is 0.785. The normalized spacial score (nSPS) is 15.0. The molecule has 1 fully saturated rings. The number of allylic oxidation sites excluding steroid dienone is 2. The molecular weight excluding hydrogens is 333 g/mol. The van der Waals surface area contributed by atoms with Gasteiger partial charge in [0.05, 0.1) is 5.56 Å². The summed E-state index contributed by atoms with van der Waals surface area (Å²) in [4.78, 5) is 26.7. The first-order valence-corrected chi connectivity index (χ1v) is 9.27. The first-order chi connectivity index (χ1) is 12.5. The van der Waals surface area contributed by atoms with Crippen molar-refractivity contribution in [3.05, 3.63) is 46.9 Å². The number of unbranched alkanes of at least 4 members (excludes halogenated alkanes) is 1. The summed E-state index contributed by atoms with van der Waals surface area (Å²) in [5.41, 5.74) is 1.33. The van der Waals surface area contributed by atoms with Crippen LogP contribution in [0.1, 0.15) is 48.5 Å². The molecule has 142 valence electrons. The molecule has 0 atom stereocenters. The maximum absolute atomic E-state index is 14.0. The molecule has 1 heterocycles. The van der Waals surface area contributed by atoms with Crippen molar-refractivity contribution in [2.24, 2.45) is 0 Å². The lowest BCUT2D eigenvalue weighted by atomic mass is 10.1. The van der Waals surface area contributed by atoms with Gasteiger partial charge in [0.15, 0.2) is 0 Å². The summed E-state index contributed by atoms with van der Waals surface area (Å²) < 4.78 is 14.0. The molecule has 0 unspecified atom stereocenters. The van der Waals surface area contributed by atoms with Crippen LogP contribution in [0.5, 0.6) is 0 Å². The molecule has 0 radical (unpaired) electrons. The third-order valence-electron chi connectivity index (χ3n) is 4.48. The zero-order valence-corrected chi connectivity index (χ0v) is 15.6. The molecule has 1 aromatic rings. The molecule has 0 spiro atoms. The Morgan fingerprint density at radius 2 is 2.00 bits per heavy atom. The van der Waals surface area contributed by atoms with E-state index >= 15 is 0 Å². The maximum Gasteiger partial charge on any atom is 0.258 e. The standard InChI is InChI=1S/C20H28FN3O2/c1-3-4-7-16(9-10-18(25)24-13-11-22-12-14-24)23-20(26)19-15(2)6-5-8-17(19)21/h5-8,22H,3-4,9-14H2,1-2H3,(H,23,26)/b16-7+. The molecular formula is C20H28FN3O2. The molecule has 1 aliphatic rings. The predicted molar refractivity (Wildman–Crippen MR) is 100 cm³/mol. The Kier molecular flexibility index (Phi) is 7.78. The van der Waals surface area contributed by atoms with Crippen LogP contribution in [0.15, 0.2) is 30.0 Å². The minimum Gasteiger partial charge on any atom is -0.340 e. The van der Waals surface area contributed by atoms with Crippen LogP contribution >= 0.6 is 0 Å². The molecule has 6 heteroatoms. The summed E-state index contributed by atoms with van der Waals surface area (Å²) in [6, 6.07) is 4.58. The van der Waals surface area contributed by atoms with E-state index < -0.39 is 11.7 Å². The van der Waals surface area contributed by atoms with Gasteiger partial charge in [0.25, 0.3) is 5.91 Å². The van der Waals surface area contributed by atoms with Gasteiger partial charge in [-0.3, -0.25) is 9.59 Å². The van der Waals surface area contributed by atoms with Gasteiger partial charge in [0.2, 0.25) is 5.91 Å². The van der Waals surface area contributed by atoms with Crippen molar-refractivity contribution in [3.8, 4) is 0 Å². The van der Waals surface area contributed by atoms with Crippen molar-refractivity contribution in [1.82, 2.24) is 15.5 Å². The molecule has 0 saturated carbocycles. The highest BCUT2D eigenvalue weighted by Gasteiger charge is 2.18. The van der Waals surface area contributed by atoms with Gasteiger partial charge in [-0.1, -0.05) is 31.6 Å². The average Bonchev–Trinajstić information content (AvgIpc) is 2.64. The van der Waals surface area contributed by atoms with Crippen molar-refractivity contribution in [2.75, 3.05) is 26.2 Å². The summed E-state index contributed by atoms with van der Waals surface area (Å²) in [6.07, 6.45) is 4.45. The number of hydrogen-bond donors (Lipinski definition) is 2. The topological polar surface area (TPSA) is 61.4 Å². The Morgan fingerprint density at radius 3 is 2.65 bits per heavy atom. The number of aryl methyl sites for hydroxylation is 1. The number of nitrogens with one attached hydrogen (secondary N) is 2. The minimum absolute atomic E-state index is 0.0586. The van der Waals surface area contributed by atoms with E-state index in [0.29, 0.717) is 37.2 Å². The van der Waals surface area contributed by atoms with Gasteiger partial charge in [-0.2, -0.15) is 0 Å². The molecule has 2 amide bonds. The maximum atomic E-state index is 14.0. The average molecular weight is 361 g/mol. The summed E-state index contributed by atoms with van der Waals surface area (Å²) in [7, 11) is 0. The van der Waals surface area contributed by atoms with Crippen LogP contribution in [0.2, 0.25) is 0 Å². The van der Waals surface area contributed by atoms with Crippen LogP contribution in [0.25, 0.3) is 0 Å². The van der Waals surface area contributed by atoms with E-state index in [1.807, 2.05) is 17.9 Å². The van der Waals surface area contributed by atoms with Crippen LogP contribution in [0.4, 0.5) is 4.39 Å². The van der Waals surface area contributed by atoms with E-state index in [0.717, 1.165) is 25.9 Å². The molecule has 2 N–H and O–H groups in total. The third kappa shape index (κ3) is 5.66. The molecule has 5 nitrogen and oxygen atoms in total. The lowest BCUT2D eigenvalue weighted by Crippen LogP contribution is -2.46. The van der Waals surface area contributed by atoms with E-state index in [9.17, 15) is 14.0 Å². The van der Waals surface area contributed by atoms with Crippen LogP contribution in [0, 0.1) is 12.7 Å². The van der Waals surface area contributed by atoms with Crippen LogP contribution in [-0.4, -0.2) is 42.9 Å². The molecule has 2 rings (SSSR count). The number of amides is 2. The van der Waals surface area contributed by atoms with Gasteiger partial charge < -0.3 is 15.5 Å². The second kappa shape index (κ2) is 10.1. The Labute approximate surface area is 154 Å². The van der Waals surface area contributed by atoms with Gasteiger partial charge in [0, 0.05) is 38.3 Å². The van der Waals surface area contributed by atoms with Crippen molar-refractivity contribution in [2.45, 2.75) is 39.5 Å². The zero-order valence-electron chi connectivity index (χ0n) is 15.6. The molecule has 1 aliphatic heterocycles. The Morgan fingerprint density at radius 1 is 1.27 bits per heavy atom. The van der Waals surface area contributed by atoms with E-state index in [-0.39, 0.29) is 11.5 Å². The summed E-state index contributed by atoms with van der Waals surface area (Å²) in [5.74, 6) is -0.906. The second-order valence-corrected chi connectivity index (χ2v) is 6.53. The highest BCUT2D eigenvalue weighted by molar-refractivity contribution is 5.97. The van der Waals surface area contributed by atoms with Crippen molar-refractivity contribution < 1.29 is 14.0 Å². The fourth-order valence-corrected chi connectivity index (χ4v) is 2.98. The van der Waals surface area contributed by atoms with E-state index in [1.54, 1.807) is 19.1 Å². The predicted octanol–water partition coefficient (Wildman–Crippen LogP) is 2.76. The zero-order chi connectivity index (χ0) is 18.9. The molecule has 26 heavy (non-hydrogen) atoms. The van der Waals surface area contributed by atoms with Crippen molar-refractivity contribution in [1.29, 1.82) is 0 Å². The first-order valence-electron chi connectivity index (χ1n) is 9.27. The van der Waals surface area contributed by atoms with Gasteiger partial charge in [-0.25, -0.2) is 4.39 Å².